The highest BCUT2D eigenvalue weighted by molar-refractivity contribution is 9.10. The van der Waals surface area contributed by atoms with Gasteiger partial charge in [-0.15, -0.1) is 0 Å². The molecule has 0 atom stereocenters. The molecule has 19 heavy (non-hydrogen) atoms. The maximum Gasteiger partial charge on any atom is 0.134 e. The average molecular weight is 319 g/mol. The first-order valence-corrected chi connectivity index (χ1v) is 7.94. The predicted octanol–water partition coefficient (Wildman–Crippen LogP) is 5.56. The average Bonchev–Trinajstić information content (AvgIpc) is 2.95. The van der Waals surface area contributed by atoms with Gasteiger partial charge in [-0.2, -0.15) is 0 Å². The van der Waals surface area contributed by atoms with E-state index in [-0.39, 0.29) is 0 Å². The maximum absolute atomic E-state index is 5.96. The smallest absolute Gasteiger partial charge is 0.134 e. The van der Waals surface area contributed by atoms with Gasteiger partial charge < -0.3 is 4.74 Å². The van der Waals surface area contributed by atoms with Crippen LogP contribution in [0.15, 0.2) is 40.9 Å². The number of fused-ring (bicyclic) bond motifs is 1. The van der Waals surface area contributed by atoms with E-state index in [9.17, 15) is 0 Å². The summed E-state index contributed by atoms with van der Waals surface area (Å²) < 4.78 is 7.04. The summed E-state index contributed by atoms with van der Waals surface area (Å²) in [4.78, 5) is 0. The highest BCUT2D eigenvalue weighted by Gasteiger charge is 2.15. The SMILES string of the molecule is Brc1c(OCCC2CCCC2)ccc2ccccc12. The first-order chi connectivity index (χ1) is 9.34. The Balaban J connectivity index is 1.68. The molecule has 2 heteroatoms. The van der Waals surface area contributed by atoms with E-state index in [0.29, 0.717) is 0 Å². The summed E-state index contributed by atoms with van der Waals surface area (Å²) in [5, 5.41) is 2.47. The van der Waals surface area contributed by atoms with Crippen LogP contribution in [0.1, 0.15) is 32.1 Å². The Hall–Kier alpha value is -1.02. The van der Waals surface area contributed by atoms with Crippen molar-refractivity contribution in [3.05, 3.63) is 40.9 Å². The summed E-state index contributed by atoms with van der Waals surface area (Å²) in [6, 6.07) is 12.6. The van der Waals surface area contributed by atoms with Gasteiger partial charge in [-0.25, -0.2) is 0 Å². The van der Waals surface area contributed by atoms with E-state index in [1.807, 2.05) is 0 Å². The third kappa shape index (κ3) is 2.94. The van der Waals surface area contributed by atoms with Gasteiger partial charge in [-0.1, -0.05) is 56.0 Å². The van der Waals surface area contributed by atoms with Crippen molar-refractivity contribution in [3.63, 3.8) is 0 Å². The third-order valence-corrected chi connectivity index (χ3v) is 4.90. The van der Waals surface area contributed by atoms with Crippen molar-refractivity contribution in [2.24, 2.45) is 5.92 Å². The topological polar surface area (TPSA) is 9.23 Å². The van der Waals surface area contributed by atoms with Crippen molar-refractivity contribution in [2.75, 3.05) is 6.61 Å². The first kappa shape index (κ1) is 13.0. The van der Waals surface area contributed by atoms with Crippen molar-refractivity contribution >= 4 is 26.7 Å². The minimum atomic E-state index is 0.835. The van der Waals surface area contributed by atoms with Gasteiger partial charge in [-0.3, -0.25) is 0 Å². The molecule has 2 aromatic carbocycles. The molecule has 0 heterocycles. The molecule has 0 spiro atoms. The minimum Gasteiger partial charge on any atom is -0.492 e. The van der Waals surface area contributed by atoms with E-state index in [1.165, 1.54) is 42.9 Å². The van der Waals surface area contributed by atoms with Crippen LogP contribution in [0.2, 0.25) is 0 Å². The summed E-state index contributed by atoms with van der Waals surface area (Å²) in [5.74, 6) is 1.86. The Labute approximate surface area is 123 Å². The highest BCUT2D eigenvalue weighted by atomic mass is 79.9. The van der Waals surface area contributed by atoms with Crippen LogP contribution in [0.5, 0.6) is 5.75 Å². The summed E-state index contributed by atoms with van der Waals surface area (Å²) in [7, 11) is 0. The van der Waals surface area contributed by atoms with Crippen molar-refractivity contribution < 1.29 is 4.74 Å². The number of rotatable bonds is 4. The Bertz CT molecular complexity index is 558. The minimum absolute atomic E-state index is 0.835. The Kier molecular flexibility index (Phi) is 4.07. The van der Waals surface area contributed by atoms with Crippen LogP contribution in [-0.2, 0) is 0 Å². The number of halogens is 1. The predicted molar refractivity (Wildman–Crippen MR) is 83.7 cm³/mol. The molecule has 100 valence electrons. The second-order valence-corrected chi connectivity index (χ2v) is 6.18. The summed E-state index contributed by atoms with van der Waals surface area (Å²) in [6.07, 6.45) is 6.79. The van der Waals surface area contributed by atoms with E-state index in [1.54, 1.807) is 0 Å². The lowest BCUT2D eigenvalue weighted by Crippen LogP contribution is -2.04. The zero-order chi connectivity index (χ0) is 13.1. The van der Waals surface area contributed by atoms with E-state index >= 15 is 0 Å². The number of hydrogen-bond acceptors (Lipinski definition) is 1. The largest absolute Gasteiger partial charge is 0.492 e. The van der Waals surface area contributed by atoms with Gasteiger partial charge in [0.15, 0.2) is 0 Å². The molecule has 1 nitrogen and oxygen atoms in total. The number of benzene rings is 2. The lowest BCUT2D eigenvalue weighted by atomic mass is 10.1. The fraction of sp³-hybridized carbons (Fsp3) is 0.412. The Morgan fingerprint density at radius 3 is 2.68 bits per heavy atom. The van der Waals surface area contributed by atoms with Gasteiger partial charge in [0.2, 0.25) is 0 Å². The third-order valence-electron chi connectivity index (χ3n) is 4.09. The van der Waals surface area contributed by atoms with Crippen LogP contribution in [0.4, 0.5) is 0 Å². The zero-order valence-electron chi connectivity index (χ0n) is 11.1. The van der Waals surface area contributed by atoms with E-state index in [4.69, 9.17) is 4.74 Å². The molecule has 1 saturated carbocycles. The van der Waals surface area contributed by atoms with Gasteiger partial charge in [0.1, 0.15) is 5.75 Å². The number of hydrogen-bond donors (Lipinski definition) is 0. The van der Waals surface area contributed by atoms with Crippen LogP contribution in [0, 0.1) is 5.92 Å². The lowest BCUT2D eigenvalue weighted by Gasteiger charge is -2.12. The van der Waals surface area contributed by atoms with Gasteiger partial charge in [0, 0.05) is 0 Å². The van der Waals surface area contributed by atoms with Crippen LogP contribution in [-0.4, -0.2) is 6.61 Å². The molecule has 0 aromatic heterocycles. The fourth-order valence-electron chi connectivity index (χ4n) is 2.96. The monoisotopic (exact) mass is 318 g/mol. The van der Waals surface area contributed by atoms with Crippen molar-refractivity contribution in [1.29, 1.82) is 0 Å². The van der Waals surface area contributed by atoms with Gasteiger partial charge >= 0.3 is 0 Å². The van der Waals surface area contributed by atoms with Crippen LogP contribution >= 0.6 is 15.9 Å². The van der Waals surface area contributed by atoms with E-state index in [0.717, 1.165) is 22.7 Å². The zero-order valence-corrected chi connectivity index (χ0v) is 12.7. The van der Waals surface area contributed by atoms with Gasteiger partial charge in [0.05, 0.1) is 11.1 Å². The van der Waals surface area contributed by atoms with E-state index < -0.39 is 0 Å². The van der Waals surface area contributed by atoms with Crippen LogP contribution in [0.3, 0.4) is 0 Å². The molecular weight excluding hydrogens is 300 g/mol. The summed E-state index contributed by atoms with van der Waals surface area (Å²) in [5.41, 5.74) is 0. The molecule has 3 rings (SSSR count). The lowest BCUT2D eigenvalue weighted by molar-refractivity contribution is 0.278. The molecule has 0 bridgehead atoms. The molecule has 2 aromatic rings. The van der Waals surface area contributed by atoms with Crippen LogP contribution in [0.25, 0.3) is 10.8 Å². The fourth-order valence-corrected chi connectivity index (χ4v) is 3.57. The Morgan fingerprint density at radius 2 is 1.84 bits per heavy atom. The normalized spacial score (nSPS) is 16.1. The van der Waals surface area contributed by atoms with Gasteiger partial charge in [-0.05, 0) is 45.1 Å². The standard InChI is InChI=1S/C17H19BrO/c18-17-15-8-4-3-7-14(15)9-10-16(17)19-12-11-13-5-1-2-6-13/h3-4,7-10,13H,1-2,5-6,11-12H2. The second kappa shape index (κ2) is 5.96. The van der Waals surface area contributed by atoms with Gasteiger partial charge in [0.25, 0.3) is 0 Å². The number of ether oxygens (including phenoxy) is 1. The maximum atomic E-state index is 5.96. The molecule has 0 amide bonds. The molecule has 0 saturated heterocycles. The molecule has 1 aliphatic rings. The molecule has 1 aliphatic carbocycles. The second-order valence-electron chi connectivity index (χ2n) is 5.39. The van der Waals surface area contributed by atoms with Crippen molar-refractivity contribution in [3.8, 4) is 5.75 Å². The van der Waals surface area contributed by atoms with Crippen LogP contribution < -0.4 is 4.74 Å². The molecule has 0 N–H and O–H groups in total. The molecule has 0 radical (unpaired) electrons. The summed E-state index contributed by atoms with van der Waals surface area (Å²) >= 11 is 3.67. The highest BCUT2D eigenvalue weighted by Crippen LogP contribution is 2.34. The molecule has 0 aliphatic heterocycles. The first-order valence-electron chi connectivity index (χ1n) is 7.14. The molecular formula is C17H19BrO. The molecule has 1 fully saturated rings. The van der Waals surface area contributed by atoms with Crippen molar-refractivity contribution in [2.45, 2.75) is 32.1 Å². The van der Waals surface area contributed by atoms with Crippen molar-refractivity contribution in [1.82, 2.24) is 0 Å². The van der Waals surface area contributed by atoms with E-state index in [2.05, 4.69) is 52.3 Å². The quantitative estimate of drug-likeness (QED) is 0.717. The Morgan fingerprint density at radius 1 is 1.05 bits per heavy atom. The summed E-state index contributed by atoms with van der Waals surface area (Å²) in [6.45, 7) is 0.835. The molecule has 0 unspecified atom stereocenters.